The Morgan fingerprint density at radius 3 is 2.47 bits per heavy atom. The summed E-state index contributed by atoms with van der Waals surface area (Å²) in [7, 11) is 0. The van der Waals surface area contributed by atoms with Crippen molar-refractivity contribution in [3.8, 4) is 0 Å². The van der Waals surface area contributed by atoms with Crippen molar-refractivity contribution in [3.05, 3.63) is 46.8 Å². The number of rotatable bonds is 7. The molecule has 1 aliphatic carbocycles. The molecule has 7 heteroatoms. The lowest BCUT2D eigenvalue weighted by Crippen LogP contribution is -2.46. The first-order valence-electron chi connectivity index (χ1n) is 12.1. The number of aromatic nitrogens is 2. The molecular weight excluding hydrogens is 404 g/mol. The first-order chi connectivity index (χ1) is 15.7. The van der Waals surface area contributed by atoms with E-state index < -0.39 is 0 Å². The molecule has 0 bridgehead atoms. The van der Waals surface area contributed by atoms with Crippen molar-refractivity contribution < 1.29 is 14.2 Å². The van der Waals surface area contributed by atoms with Gasteiger partial charge in [0, 0.05) is 25.7 Å². The van der Waals surface area contributed by atoms with Crippen LogP contribution < -0.4 is 0 Å². The van der Waals surface area contributed by atoms with Gasteiger partial charge in [-0.15, -0.1) is 0 Å². The monoisotopic (exact) mass is 438 g/mol. The van der Waals surface area contributed by atoms with Crippen LogP contribution in [-0.4, -0.2) is 71.0 Å². The third-order valence-electron chi connectivity index (χ3n) is 7.54. The van der Waals surface area contributed by atoms with E-state index in [1.807, 2.05) is 11.8 Å². The van der Waals surface area contributed by atoms with Crippen LogP contribution in [0.5, 0.6) is 0 Å². The molecule has 1 aromatic heterocycles. The van der Waals surface area contributed by atoms with E-state index in [1.165, 1.54) is 24.0 Å². The quantitative estimate of drug-likeness (QED) is 0.662. The van der Waals surface area contributed by atoms with Gasteiger partial charge >= 0.3 is 0 Å². The minimum Gasteiger partial charge on any atom is -0.376 e. The Labute approximate surface area is 190 Å². The number of hydrogen-bond acceptors (Lipinski definition) is 6. The van der Waals surface area contributed by atoms with Crippen LogP contribution in [-0.2, 0) is 28.8 Å². The number of nitrogens with zero attached hydrogens (tertiary/aromatic N) is 4. The highest BCUT2D eigenvalue weighted by atomic mass is 16.6. The van der Waals surface area contributed by atoms with E-state index in [0.717, 1.165) is 51.9 Å². The highest BCUT2D eigenvalue weighted by Crippen LogP contribution is 2.29. The Bertz CT molecular complexity index is 890. The lowest BCUT2D eigenvalue weighted by Gasteiger charge is -2.38. The Morgan fingerprint density at radius 2 is 1.84 bits per heavy atom. The number of likely N-dealkylation sites (tertiary alicyclic amines) is 1. The smallest absolute Gasteiger partial charge is 0.228 e. The van der Waals surface area contributed by atoms with Crippen LogP contribution in [0.1, 0.15) is 48.2 Å². The summed E-state index contributed by atoms with van der Waals surface area (Å²) in [5.41, 5.74) is 4.38. The number of benzene rings is 1. The Hall–Kier alpha value is -2.25. The van der Waals surface area contributed by atoms with Gasteiger partial charge in [0.1, 0.15) is 11.4 Å². The standard InChI is InChI=1S/C25H34N4O3/c1-18-24(27-32-26-18)15-25(30)29(17-23-7-4-12-31-23)16-19-8-10-28(11-9-19)22-13-20-5-2-3-6-21(20)14-22/h2-3,5-6,19,22-23H,4,7-17H2,1H3. The summed E-state index contributed by atoms with van der Waals surface area (Å²) in [6.45, 7) is 6.37. The van der Waals surface area contributed by atoms with Crippen LogP contribution in [0.3, 0.4) is 0 Å². The fourth-order valence-corrected chi connectivity index (χ4v) is 5.58. The van der Waals surface area contributed by atoms with Gasteiger partial charge in [0.05, 0.1) is 12.5 Å². The Kier molecular flexibility index (Phi) is 6.55. The molecule has 1 amide bonds. The molecule has 2 aromatic rings. The molecule has 32 heavy (non-hydrogen) atoms. The normalized spacial score (nSPS) is 22.3. The lowest BCUT2D eigenvalue weighted by atomic mass is 9.94. The summed E-state index contributed by atoms with van der Waals surface area (Å²) in [5, 5.41) is 7.74. The van der Waals surface area contributed by atoms with Gasteiger partial charge in [0.15, 0.2) is 0 Å². The molecule has 3 aliphatic rings. The SMILES string of the molecule is Cc1nonc1CC(=O)N(CC1CCN(C2Cc3ccccc3C2)CC1)CC1CCCO1. The van der Waals surface area contributed by atoms with Crippen LogP contribution in [0.25, 0.3) is 0 Å². The van der Waals surface area contributed by atoms with Gasteiger partial charge in [0.2, 0.25) is 5.91 Å². The number of carbonyl (C=O) groups excluding carboxylic acids is 1. The number of piperidine rings is 1. The Morgan fingerprint density at radius 1 is 1.09 bits per heavy atom. The van der Waals surface area contributed by atoms with Crippen molar-refractivity contribution in [2.24, 2.45) is 5.92 Å². The predicted octanol–water partition coefficient (Wildman–Crippen LogP) is 2.81. The third-order valence-corrected chi connectivity index (χ3v) is 7.54. The molecule has 0 saturated carbocycles. The average Bonchev–Trinajstić information content (AvgIpc) is 3.55. The van der Waals surface area contributed by atoms with Crippen LogP contribution in [0.2, 0.25) is 0 Å². The maximum Gasteiger partial charge on any atom is 0.228 e. The fourth-order valence-electron chi connectivity index (χ4n) is 5.58. The highest BCUT2D eigenvalue weighted by Gasteiger charge is 2.32. The zero-order chi connectivity index (χ0) is 21.9. The zero-order valence-corrected chi connectivity index (χ0v) is 19.0. The third kappa shape index (κ3) is 4.89. The molecule has 5 rings (SSSR count). The van der Waals surface area contributed by atoms with Gasteiger partial charge in [0.25, 0.3) is 0 Å². The molecule has 172 valence electrons. The summed E-state index contributed by atoms with van der Waals surface area (Å²) in [6, 6.07) is 9.51. The maximum atomic E-state index is 13.2. The van der Waals surface area contributed by atoms with Gasteiger partial charge in [-0.25, -0.2) is 4.63 Å². The number of amides is 1. The molecule has 7 nitrogen and oxygen atoms in total. The first-order valence-corrected chi connectivity index (χ1v) is 12.1. The van der Waals surface area contributed by atoms with Crippen molar-refractivity contribution >= 4 is 5.91 Å². The summed E-state index contributed by atoms with van der Waals surface area (Å²) in [6.07, 6.45) is 7.18. The molecule has 2 aliphatic heterocycles. The molecule has 0 N–H and O–H groups in total. The average molecular weight is 439 g/mol. The second kappa shape index (κ2) is 9.71. The summed E-state index contributed by atoms with van der Waals surface area (Å²) >= 11 is 0. The predicted molar refractivity (Wildman–Crippen MR) is 120 cm³/mol. The molecule has 2 saturated heterocycles. The molecule has 1 aromatic carbocycles. The van der Waals surface area contributed by atoms with Crippen molar-refractivity contribution in [1.29, 1.82) is 0 Å². The van der Waals surface area contributed by atoms with Crippen molar-refractivity contribution in [3.63, 3.8) is 0 Å². The van der Waals surface area contributed by atoms with Gasteiger partial charge in [-0.3, -0.25) is 9.69 Å². The molecule has 1 atom stereocenters. The maximum absolute atomic E-state index is 13.2. The number of carbonyl (C=O) groups is 1. The van der Waals surface area contributed by atoms with Crippen LogP contribution in [0.4, 0.5) is 0 Å². The second-order valence-corrected chi connectivity index (χ2v) is 9.72. The van der Waals surface area contributed by atoms with Crippen LogP contribution in [0.15, 0.2) is 28.9 Å². The summed E-state index contributed by atoms with van der Waals surface area (Å²) < 4.78 is 10.6. The number of aryl methyl sites for hydroxylation is 1. The molecule has 2 fully saturated rings. The van der Waals surface area contributed by atoms with E-state index in [0.29, 0.717) is 29.9 Å². The molecule has 1 unspecified atom stereocenters. The number of hydrogen-bond donors (Lipinski definition) is 0. The molecule has 3 heterocycles. The van der Waals surface area contributed by atoms with E-state index >= 15 is 0 Å². The minimum atomic E-state index is 0.105. The molecule has 0 radical (unpaired) electrons. The van der Waals surface area contributed by atoms with E-state index in [1.54, 1.807) is 0 Å². The number of fused-ring (bicyclic) bond motifs is 1. The van der Waals surface area contributed by atoms with Gasteiger partial charge < -0.3 is 9.64 Å². The Balaban J connectivity index is 1.17. The highest BCUT2D eigenvalue weighted by molar-refractivity contribution is 5.78. The van der Waals surface area contributed by atoms with E-state index in [-0.39, 0.29) is 18.4 Å². The lowest BCUT2D eigenvalue weighted by molar-refractivity contribution is -0.133. The van der Waals surface area contributed by atoms with Gasteiger partial charge in [-0.1, -0.05) is 34.6 Å². The molecular formula is C25H34N4O3. The largest absolute Gasteiger partial charge is 0.376 e. The van der Waals surface area contributed by atoms with E-state index in [9.17, 15) is 4.79 Å². The molecule has 0 spiro atoms. The minimum absolute atomic E-state index is 0.105. The van der Waals surface area contributed by atoms with Crippen molar-refractivity contribution in [1.82, 2.24) is 20.1 Å². The van der Waals surface area contributed by atoms with E-state index in [4.69, 9.17) is 9.37 Å². The van der Waals surface area contributed by atoms with Crippen LogP contribution in [0, 0.1) is 12.8 Å². The van der Waals surface area contributed by atoms with E-state index in [2.05, 4.69) is 39.5 Å². The second-order valence-electron chi connectivity index (χ2n) is 9.72. The fraction of sp³-hybridized carbons (Fsp3) is 0.640. The topological polar surface area (TPSA) is 71.7 Å². The number of ether oxygens (including phenoxy) is 1. The van der Waals surface area contributed by atoms with Gasteiger partial charge in [-0.05, 0) is 75.6 Å². The zero-order valence-electron chi connectivity index (χ0n) is 19.0. The summed E-state index contributed by atoms with van der Waals surface area (Å²) in [4.78, 5) is 17.9. The summed E-state index contributed by atoms with van der Waals surface area (Å²) in [5.74, 6) is 0.643. The van der Waals surface area contributed by atoms with Crippen molar-refractivity contribution in [2.45, 2.75) is 64.0 Å². The first kappa shape index (κ1) is 21.6. The van der Waals surface area contributed by atoms with Crippen molar-refractivity contribution in [2.75, 3.05) is 32.8 Å². The van der Waals surface area contributed by atoms with Crippen LogP contribution >= 0.6 is 0 Å². The van der Waals surface area contributed by atoms with Gasteiger partial charge in [-0.2, -0.15) is 0 Å².